The fourth-order valence-corrected chi connectivity index (χ4v) is 3.28. The van der Waals surface area contributed by atoms with Gasteiger partial charge in [-0.25, -0.2) is 0 Å². The van der Waals surface area contributed by atoms with E-state index in [4.69, 9.17) is 9.47 Å². The number of carbonyl (C=O) groups is 2. The number of amides is 2. The van der Waals surface area contributed by atoms with Crippen LogP contribution in [0.2, 0.25) is 0 Å². The first-order valence-electron chi connectivity index (χ1n) is 11.4. The van der Waals surface area contributed by atoms with E-state index in [1.807, 2.05) is 68.4 Å². The summed E-state index contributed by atoms with van der Waals surface area (Å²) in [5, 5.41) is 8.91. The molecule has 2 amide bonds. The van der Waals surface area contributed by atoms with Crippen molar-refractivity contribution in [3.63, 3.8) is 0 Å². The highest BCUT2D eigenvalue weighted by Gasteiger charge is 2.12. The van der Waals surface area contributed by atoms with Crippen LogP contribution in [-0.2, 0) is 9.53 Å². The van der Waals surface area contributed by atoms with Gasteiger partial charge >= 0.3 is 0 Å². The number of carbonyl (C=O) groups excluding carboxylic acids is 2. The zero-order valence-electron chi connectivity index (χ0n) is 19.5. The van der Waals surface area contributed by atoms with Crippen LogP contribution in [-0.4, -0.2) is 38.2 Å². The van der Waals surface area contributed by atoms with Crippen molar-refractivity contribution in [3.8, 4) is 5.75 Å². The van der Waals surface area contributed by atoms with Crippen LogP contribution in [0.25, 0.3) is 0 Å². The van der Waals surface area contributed by atoms with E-state index in [9.17, 15) is 9.59 Å². The molecule has 34 heavy (non-hydrogen) atoms. The molecule has 0 bridgehead atoms. The number of hydrogen-bond donors (Lipinski definition) is 3. The van der Waals surface area contributed by atoms with Crippen LogP contribution in [0.3, 0.4) is 0 Å². The van der Waals surface area contributed by atoms with Crippen molar-refractivity contribution < 1.29 is 19.1 Å². The SMILES string of the molecule is CCOCCOc1ccccc1NCC(=O)Nc1ccc(C(=O)NC(C)c2ccccc2)cc1. The zero-order chi connectivity index (χ0) is 24.2. The molecule has 0 fully saturated rings. The summed E-state index contributed by atoms with van der Waals surface area (Å²) >= 11 is 0. The first-order valence-corrected chi connectivity index (χ1v) is 11.4. The van der Waals surface area contributed by atoms with E-state index in [2.05, 4.69) is 16.0 Å². The molecule has 3 N–H and O–H groups in total. The number of ether oxygens (including phenoxy) is 2. The lowest BCUT2D eigenvalue weighted by Gasteiger charge is -2.15. The van der Waals surface area contributed by atoms with E-state index >= 15 is 0 Å². The second-order valence-electron chi connectivity index (χ2n) is 7.63. The molecule has 3 rings (SSSR count). The van der Waals surface area contributed by atoms with Crippen molar-refractivity contribution in [2.24, 2.45) is 0 Å². The lowest BCUT2D eigenvalue weighted by Crippen LogP contribution is -2.26. The highest BCUT2D eigenvalue weighted by Crippen LogP contribution is 2.23. The van der Waals surface area contributed by atoms with E-state index in [-0.39, 0.29) is 24.4 Å². The molecule has 7 heteroatoms. The summed E-state index contributed by atoms with van der Waals surface area (Å²) in [5.74, 6) is 0.283. The first-order chi connectivity index (χ1) is 16.6. The van der Waals surface area contributed by atoms with Crippen molar-refractivity contribution in [1.29, 1.82) is 0 Å². The van der Waals surface area contributed by atoms with Crippen LogP contribution in [0.4, 0.5) is 11.4 Å². The van der Waals surface area contributed by atoms with Crippen LogP contribution >= 0.6 is 0 Å². The van der Waals surface area contributed by atoms with E-state index in [0.29, 0.717) is 36.8 Å². The van der Waals surface area contributed by atoms with Gasteiger partial charge in [0.15, 0.2) is 0 Å². The lowest BCUT2D eigenvalue weighted by molar-refractivity contribution is -0.114. The minimum absolute atomic E-state index is 0.0721. The molecule has 0 saturated carbocycles. The van der Waals surface area contributed by atoms with E-state index in [0.717, 1.165) is 11.3 Å². The van der Waals surface area contributed by atoms with Crippen molar-refractivity contribution >= 4 is 23.2 Å². The van der Waals surface area contributed by atoms with Crippen molar-refractivity contribution in [2.75, 3.05) is 37.0 Å². The number of anilines is 2. The molecule has 0 aliphatic heterocycles. The third kappa shape index (κ3) is 7.64. The summed E-state index contributed by atoms with van der Waals surface area (Å²) in [4.78, 5) is 24.9. The Morgan fingerprint density at radius 3 is 2.32 bits per heavy atom. The minimum atomic E-state index is -0.209. The molecule has 0 aromatic heterocycles. The Balaban J connectivity index is 1.48. The van der Waals surface area contributed by atoms with Gasteiger partial charge in [-0.05, 0) is 55.8 Å². The molecule has 0 aliphatic carbocycles. The average molecular weight is 462 g/mol. The van der Waals surface area contributed by atoms with Crippen molar-refractivity contribution in [3.05, 3.63) is 90.0 Å². The summed E-state index contributed by atoms with van der Waals surface area (Å²) in [6, 6.07) is 23.9. The summed E-state index contributed by atoms with van der Waals surface area (Å²) in [5.41, 5.74) is 2.90. The van der Waals surface area contributed by atoms with Crippen molar-refractivity contribution in [2.45, 2.75) is 19.9 Å². The molecule has 0 aliphatic rings. The van der Waals surface area contributed by atoms with Gasteiger partial charge in [-0.15, -0.1) is 0 Å². The summed E-state index contributed by atoms with van der Waals surface area (Å²) in [7, 11) is 0. The largest absolute Gasteiger partial charge is 0.489 e. The molecule has 0 spiro atoms. The summed E-state index contributed by atoms with van der Waals surface area (Å²) in [6.45, 7) is 5.53. The Kier molecular flexibility index (Phi) is 9.49. The Hall–Kier alpha value is -3.84. The van der Waals surface area contributed by atoms with Gasteiger partial charge in [-0.1, -0.05) is 42.5 Å². The van der Waals surface area contributed by atoms with Gasteiger partial charge in [0, 0.05) is 17.9 Å². The van der Waals surface area contributed by atoms with Crippen LogP contribution < -0.4 is 20.7 Å². The monoisotopic (exact) mass is 461 g/mol. The van der Waals surface area contributed by atoms with Crippen LogP contribution in [0, 0.1) is 0 Å². The first kappa shape index (κ1) is 24.8. The van der Waals surface area contributed by atoms with E-state index in [1.54, 1.807) is 24.3 Å². The average Bonchev–Trinajstić information content (AvgIpc) is 2.87. The number of hydrogen-bond acceptors (Lipinski definition) is 5. The van der Waals surface area contributed by atoms with Gasteiger partial charge in [0.1, 0.15) is 12.4 Å². The Morgan fingerprint density at radius 2 is 1.59 bits per heavy atom. The molecular weight excluding hydrogens is 430 g/mol. The summed E-state index contributed by atoms with van der Waals surface area (Å²) in [6.07, 6.45) is 0. The normalized spacial score (nSPS) is 11.4. The lowest BCUT2D eigenvalue weighted by atomic mass is 10.1. The van der Waals surface area contributed by atoms with Crippen LogP contribution in [0.5, 0.6) is 5.75 Å². The second kappa shape index (κ2) is 13.0. The molecule has 0 saturated heterocycles. The molecule has 7 nitrogen and oxygen atoms in total. The molecule has 3 aromatic rings. The Labute approximate surface area is 200 Å². The quantitative estimate of drug-likeness (QED) is 0.342. The molecule has 0 radical (unpaired) electrons. The van der Waals surface area contributed by atoms with Gasteiger partial charge in [-0.3, -0.25) is 9.59 Å². The molecule has 178 valence electrons. The molecule has 1 unspecified atom stereocenters. The van der Waals surface area contributed by atoms with Crippen molar-refractivity contribution in [1.82, 2.24) is 5.32 Å². The molecule has 3 aromatic carbocycles. The molecule has 1 atom stereocenters. The fourth-order valence-electron chi connectivity index (χ4n) is 3.28. The van der Waals surface area contributed by atoms with Gasteiger partial charge in [0.05, 0.1) is 24.9 Å². The topological polar surface area (TPSA) is 88.7 Å². The van der Waals surface area contributed by atoms with E-state index < -0.39 is 0 Å². The maximum Gasteiger partial charge on any atom is 0.251 e. The third-order valence-electron chi connectivity index (χ3n) is 5.09. The molecular formula is C27H31N3O4. The van der Waals surface area contributed by atoms with E-state index in [1.165, 1.54) is 0 Å². The maximum atomic E-state index is 12.5. The fraction of sp³-hybridized carbons (Fsp3) is 0.259. The zero-order valence-corrected chi connectivity index (χ0v) is 19.5. The predicted molar refractivity (Wildman–Crippen MR) is 134 cm³/mol. The van der Waals surface area contributed by atoms with Gasteiger partial charge in [0.25, 0.3) is 5.91 Å². The predicted octanol–water partition coefficient (Wildman–Crippen LogP) is 4.64. The second-order valence-corrected chi connectivity index (χ2v) is 7.63. The smallest absolute Gasteiger partial charge is 0.251 e. The summed E-state index contributed by atoms with van der Waals surface area (Å²) < 4.78 is 11.0. The van der Waals surface area contributed by atoms with Crippen LogP contribution in [0.1, 0.15) is 35.8 Å². The van der Waals surface area contributed by atoms with Gasteiger partial charge in [-0.2, -0.15) is 0 Å². The number of benzene rings is 3. The number of nitrogens with one attached hydrogen (secondary N) is 3. The maximum absolute atomic E-state index is 12.5. The third-order valence-corrected chi connectivity index (χ3v) is 5.09. The van der Waals surface area contributed by atoms with Crippen LogP contribution in [0.15, 0.2) is 78.9 Å². The highest BCUT2D eigenvalue weighted by atomic mass is 16.5. The Bertz CT molecular complexity index is 1050. The molecule has 0 heterocycles. The highest BCUT2D eigenvalue weighted by molar-refractivity contribution is 5.97. The minimum Gasteiger partial charge on any atom is -0.489 e. The van der Waals surface area contributed by atoms with Gasteiger partial charge in [0.2, 0.25) is 5.91 Å². The number of rotatable bonds is 12. The Morgan fingerprint density at radius 1 is 0.882 bits per heavy atom. The standard InChI is InChI=1S/C27H31N3O4/c1-3-33-17-18-34-25-12-8-7-11-24(25)28-19-26(31)30-23-15-13-22(14-16-23)27(32)29-20(2)21-9-5-4-6-10-21/h4-16,20,28H,3,17-19H2,1-2H3,(H,29,32)(H,30,31). The van der Waals surface area contributed by atoms with Gasteiger partial charge < -0.3 is 25.4 Å². The number of para-hydroxylation sites is 2.